The molecule has 0 spiro atoms. The molecule has 0 aliphatic heterocycles. The number of nitrogens with zero attached hydrogens (tertiary/aromatic N) is 3. The van der Waals surface area contributed by atoms with Gasteiger partial charge in [0.15, 0.2) is 5.69 Å². The van der Waals surface area contributed by atoms with Gasteiger partial charge in [0.1, 0.15) is 11.6 Å². The van der Waals surface area contributed by atoms with Crippen molar-refractivity contribution in [2.75, 3.05) is 16.0 Å². The van der Waals surface area contributed by atoms with Crippen LogP contribution in [0.2, 0.25) is 5.02 Å². The van der Waals surface area contributed by atoms with Crippen LogP contribution >= 0.6 is 11.6 Å². The van der Waals surface area contributed by atoms with Crippen LogP contribution in [-0.2, 0) is 22.9 Å². The van der Waals surface area contributed by atoms with Crippen LogP contribution in [0, 0.1) is 12.7 Å². The number of benzene rings is 2. The van der Waals surface area contributed by atoms with Crippen molar-refractivity contribution in [3.05, 3.63) is 100 Å². The molecule has 0 atom stereocenters. The number of aromatic nitrogens is 2. The van der Waals surface area contributed by atoms with Gasteiger partial charge in [0, 0.05) is 17.3 Å². The van der Waals surface area contributed by atoms with Gasteiger partial charge in [-0.05, 0) is 54.4 Å². The van der Waals surface area contributed by atoms with Crippen molar-refractivity contribution in [3.63, 3.8) is 0 Å². The fourth-order valence-electron chi connectivity index (χ4n) is 3.59. The first kappa shape index (κ1) is 26.3. The molecule has 0 saturated carbocycles. The van der Waals surface area contributed by atoms with Gasteiger partial charge in [-0.2, -0.15) is 0 Å². The number of sulfone groups is 1. The highest BCUT2D eigenvalue weighted by molar-refractivity contribution is 7.91. The van der Waals surface area contributed by atoms with Gasteiger partial charge in [0.05, 0.1) is 30.4 Å². The number of halogens is 2. The molecule has 4 rings (SSSR count). The maximum atomic E-state index is 13.5. The van der Waals surface area contributed by atoms with Gasteiger partial charge < -0.3 is 14.6 Å². The summed E-state index contributed by atoms with van der Waals surface area (Å²) >= 11 is 6.21. The Morgan fingerprint density at radius 3 is 2.54 bits per heavy atom. The first-order valence-corrected chi connectivity index (χ1v) is 13.4. The lowest BCUT2D eigenvalue weighted by atomic mass is 10.1. The Morgan fingerprint density at radius 2 is 1.86 bits per heavy atom. The van der Waals surface area contributed by atoms with Crippen LogP contribution in [0.25, 0.3) is 0 Å². The molecule has 2 aromatic carbocycles. The van der Waals surface area contributed by atoms with Crippen LogP contribution in [0.4, 0.5) is 15.8 Å². The maximum Gasteiger partial charge on any atom is 0.276 e. The summed E-state index contributed by atoms with van der Waals surface area (Å²) in [5, 5.41) is 2.79. The summed E-state index contributed by atoms with van der Waals surface area (Å²) in [5.41, 5.74) is 1.98. The van der Waals surface area contributed by atoms with E-state index in [4.69, 9.17) is 16.0 Å². The summed E-state index contributed by atoms with van der Waals surface area (Å²) in [6.07, 6.45) is 2.83. The number of carbonyl (C=O) groups is 1. The fourth-order valence-corrected chi connectivity index (χ4v) is 4.46. The second-order valence-corrected chi connectivity index (χ2v) is 10.8. The number of carbonyl (C=O) groups excluding carboxylic acids is 1. The van der Waals surface area contributed by atoms with Crippen molar-refractivity contribution in [2.24, 2.45) is 0 Å². The summed E-state index contributed by atoms with van der Waals surface area (Å²) in [6, 6.07) is 14.5. The van der Waals surface area contributed by atoms with Crippen LogP contribution in [0.15, 0.2) is 76.6 Å². The third kappa shape index (κ3) is 6.15. The molecule has 192 valence electrons. The summed E-state index contributed by atoms with van der Waals surface area (Å²) in [5.74, 6) is -0.661. The lowest BCUT2D eigenvalue weighted by Gasteiger charge is -2.25. The Morgan fingerprint density at radius 1 is 1.11 bits per heavy atom. The van der Waals surface area contributed by atoms with Gasteiger partial charge in [-0.1, -0.05) is 36.7 Å². The molecule has 0 radical (unpaired) electrons. The Bertz CT molecular complexity index is 1510. The van der Waals surface area contributed by atoms with E-state index in [-0.39, 0.29) is 36.0 Å². The van der Waals surface area contributed by atoms with Gasteiger partial charge in [-0.3, -0.25) is 4.79 Å². The van der Waals surface area contributed by atoms with Gasteiger partial charge >= 0.3 is 0 Å². The van der Waals surface area contributed by atoms with Gasteiger partial charge in [-0.15, -0.1) is 0 Å². The molecular formula is C26H24ClFN4O4S. The highest BCUT2D eigenvalue weighted by Gasteiger charge is 2.25. The van der Waals surface area contributed by atoms with Crippen LogP contribution in [0.5, 0.6) is 0 Å². The van der Waals surface area contributed by atoms with E-state index in [1.807, 2.05) is 0 Å². The SMILES string of the molecule is CCS(=O)(=O)c1ncc(N(Cc2ccc(F)cc2)Cc2ccco2)c(C(=O)Nc2cccc(Cl)c2C)n1. The molecule has 0 bridgehead atoms. The Balaban J connectivity index is 1.81. The molecule has 1 amide bonds. The number of furan rings is 1. The zero-order valence-corrected chi connectivity index (χ0v) is 21.7. The number of hydrogen-bond donors (Lipinski definition) is 1. The molecule has 37 heavy (non-hydrogen) atoms. The van der Waals surface area contributed by atoms with Crippen molar-refractivity contribution in [3.8, 4) is 0 Å². The normalized spacial score (nSPS) is 11.4. The molecule has 11 heteroatoms. The van der Waals surface area contributed by atoms with E-state index in [0.29, 0.717) is 22.0 Å². The summed E-state index contributed by atoms with van der Waals surface area (Å²) in [6.45, 7) is 3.67. The molecule has 0 aliphatic carbocycles. The fraction of sp³-hybridized carbons (Fsp3) is 0.192. The Hall–Kier alpha value is -3.76. The number of anilines is 2. The number of nitrogens with one attached hydrogen (secondary N) is 1. The predicted molar refractivity (Wildman–Crippen MR) is 139 cm³/mol. The van der Waals surface area contributed by atoms with Crippen molar-refractivity contribution in [2.45, 2.75) is 32.1 Å². The third-order valence-electron chi connectivity index (χ3n) is 5.69. The zero-order chi connectivity index (χ0) is 26.6. The van der Waals surface area contributed by atoms with Crippen LogP contribution in [0.3, 0.4) is 0 Å². The standard InChI is InChI=1S/C26H24ClFN4O4S/c1-3-37(34,35)26-29-14-23(24(31-26)25(33)30-22-8-4-7-21(27)17(22)2)32(16-20-6-5-13-36-20)15-18-9-11-19(28)12-10-18/h4-14H,3,15-16H2,1-2H3,(H,30,33). The maximum absolute atomic E-state index is 13.5. The minimum absolute atomic E-state index is 0.143. The topological polar surface area (TPSA) is 105 Å². The minimum Gasteiger partial charge on any atom is -0.467 e. The summed E-state index contributed by atoms with van der Waals surface area (Å²) in [7, 11) is -3.80. The second kappa shape index (κ2) is 11.1. The second-order valence-electron chi connectivity index (χ2n) is 8.22. The molecule has 1 N–H and O–H groups in total. The molecule has 0 fully saturated rings. The summed E-state index contributed by atoms with van der Waals surface area (Å²) in [4.78, 5) is 23.6. The predicted octanol–water partition coefficient (Wildman–Crippen LogP) is 5.42. The van der Waals surface area contributed by atoms with Crippen molar-refractivity contribution in [1.29, 1.82) is 0 Å². The summed E-state index contributed by atoms with van der Waals surface area (Å²) < 4.78 is 44.1. The lowest BCUT2D eigenvalue weighted by Crippen LogP contribution is -2.28. The van der Waals surface area contributed by atoms with Gasteiger partial charge in [0.25, 0.3) is 5.91 Å². The molecule has 0 saturated heterocycles. The van der Waals surface area contributed by atoms with Gasteiger partial charge in [-0.25, -0.2) is 22.8 Å². The molecule has 8 nitrogen and oxygen atoms in total. The van der Waals surface area contributed by atoms with E-state index >= 15 is 0 Å². The number of amides is 1. The van der Waals surface area contributed by atoms with E-state index < -0.39 is 20.9 Å². The van der Waals surface area contributed by atoms with E-state index in [1.54, 1.807) is 54.3 Å². The van der Waals surface area contributed by atoms with Crippen LogP contribution < -0.4 is 10.2 Å². The smallest absolute Gasteiger partial charge is 0.276 e. The monoisotopic (exact) mass is 542 g/mol. The van der Waals surface area contributed by atoms with E-state index in [1.165, 1.54) is 31.5 Å². The quantitative estimate of drug-likeness (QED) is 0.281. The van der Waals surface area contributed by atoms with Gasteiger partial charge in [0.2, 0.25) is 15.0 Å². The first-order valence-electron chi connectivity index (χ1n) is 11.4. The van der Waals surface area contributed by atoms with E-state index in [9.17, 15) is 17.6 Å². The Labute approximate surface area is 219 Å². The highest BCUT2D eigenvalue weighted by atomic mass is 35.5. The van der Waals surface area contributed by atoms with Crippen LogP contribution in [-0.4, -0.2) is 30.0 Å². The highest BCUT2D eigenvalue weighted by Crippen LogP contribution is 2.28. The van der Waals surface area contributed by atoms with Crippen molar-refractivity contribution in [1.82, 2.24) is 9.97 Å². The third-order valence-corrected chi connectivity index (χ3v) is 7.61. The van der Waals surface area contributed by atoms with Crippen molar-refractivity contribution >= 4 is 38.7 Å². The number of hydrogen-bond acceptors (Lipinski definition) is 7. The first-order chi connectivity index (χ1) is 17.7. The average Bonchev–Trinajstić information content (AvgIpc) is 3.40. The largest absolute Gasteiger partial charge is 0.467 e. The zero-order valence-electron chi connectivity index (χ0n) is 20.1. The lowest BCUT2D eigenvalue weighted by molar-refractivity contribution is 0.102. The van der Waals surface area contributed by atoms with Crippen molar-refractivity contribution < 1.29 is 22.0 Å². The minimum atomic E-state index is -3.80. The molecule has 0 aliphatic rings. The molecule has 4 aromatic rings. The van der Waals surface area contributed by atoms with E-state index in [2.05, 4.69) is 15.3 Å². The average molecular weight is 543 g/mol. The van der Waals surface area contributed by atoms with Crippen LogP contribution in [0.1, 0.15) is 34.3 Å². The molecular weight excluding hydrogens is 519 g/mol. The van der Waals surface area contributed by atoms with E-state index in [0.717, 1.165) is 5.56 Å². The molecule has 2 heterocycles. The Kier molecular flexibility index (Phi) is 7.89. The molecule has 0 unspecified atom stereocenters. The number of rotatable bonds is 9. The molecule has 2 aromatic heterocycles.